The fourth-order valence-corrected chi connectivity index (χ4v) is 5.30. The Hall–Kier alpha value is -2.81. The van der Waals surface area contributed by atoms with Crippen LogP contribution in [0.15, 0.2) is 11.0 Å². The monoisotopic (exact) mass is 460 g/mol. The molecule has 2 heterocycles. The van der Waals surface area contributed by atoms with E-state index in [1.54, 1.807) is 4.57 Å². The van der Waals surface area contributed by atoms with Crippen LogP contribution in [-0.2, 0) is 0 Å². The molecule has 0 radical (unpaired) electrons. The summed E-state index contributed by atoms with van der Waals surface area (Å²) in [6.07, 6.45) is 4.66. The lowest BCUT2D eigenvalue weighted by Gasteiger charge is -2.50. The molecule has 1 aromatic carbocycles. The number of ether oxygens (including phenoxy) is 1. The van der Waals surface area contributed by atoms with Gasteiger partial charge in [0.05, 0.1) is 23.7 Å². The molecule has 0 spiro atoms. The third kappa shape index (κ3) is 3.53. The van der Waals surface area contributed by atoms with Crippen LogP contribution in [0, 0.1) is 17.2 Å². The first-order valence-corrected chi connectivity index (χ1v) is 11.6. The number of methoxy groups -OCH3 is 1. The van der Waals surface area contributed by atoms with Crippen molar-refractivity contribution in [2.45, 2.75) is 58.5 Å². The summed E-state index contributed by atoms with van der Waals surface area (Å²) in [6, 6.07) is -0.0183. The van der Waals surface area contributed by atoms with Crippen molar-refractivity contribution in [3.8, 4) is 5.75 Å². The molecule has 3 unspecified atom stereocenters. The molecule has 1 aromatic heterocycles. The molecule has 2 fully saturated rings. The molecule has 1 saturated heterocycles. The summed E-state index contributed by atoms with van der Waals surface area (Å²) >= 11 is 0. The van der Waals surface area contributed by atoms with Crippen LogP contribution in [0.25, 0.3) is 10.9 Å². The summed E-state index contributed by atoms with van der Waals surface area (Å²) in [5.74, 6) is -1.77. The highest BCUT2D eigenvalue weighted by molar-refractivity contribution is 6.03. The predicted molar refractivity (Wildman–Crippen MR) is 127 cm³/mol. The summed E-state index contributed by atoms with van der Waals surface area (Å²) < 4.78 is 23.4. The molecule has 9 heteroatoms. The SMILES string of the molecule is CCC1CN(c2c(F)c(N)c3c(=O)c(C(=O)O)cn(C4CC4)c3c2OC)CC(C)(CC)C1N. The molecule has 8 nitrogen and oxygen atoms in total. The number of halogens is 1. The number of nitrogen functional groups attached to an aromatic ring is 1. The number of nitrogens with two attached hydrogens (primary N) is 2. The number of carboxylic acid groups (broad SMARTS) is 1. The largest absolute Gasteiger partial charge is 0.492 e. The van der Waals surface area contributed by atoms with Crippen LogP contribution in [0.3, 0.4) is 0 Å². The Balaban J connectivity index is 2.04. The zero-order chi connectivity index (χ0) is 24.2. The van der Waals surface area contributed by atoms with Crippen LogP contribution in [0.5, 0.6) is 5.75 Å². The van der Waals surface area contributed by atoms with Crippen molar-refractivity contribution < 1.29 is 19.0 Å². The van der Waals surface area contributed by atoms with E-state index in [2.05, 4.69) is 20.8 Å². The number of rotatable bonds is 6. The quantitative estimate of drug-likeness (QED) is 0.565. The smallest absolute Gasteiger partial charge is 0.341 e. The molecule has 2 aliphatic rings. The minimum absolute atomic E-state index is 0.0110. The molecule has 2 aromatic rings. The Morgan fingerprint density at radius 2 is 2.03 bits per heavy atom. The highest BCUT2D eigenvalue weighted by atomic mass is 19.1. The molecule has 180 valence electrons. The van der Waals surface area contributed by atoms with Gasteiger partial charge in [-0.1, -0.05) is 27.2 Å². The van der Waals surface area contributed by atoms with Gasteiger partial charge in [0, 0.05) is 36.8 Å². The van der Waals surface area contributed by atoms with Gasteiger partial charge in [-0.25, -0.2) is 9.18 Å². The van der Waals surface area contributed by atoms with Crippen molar-refractivity contribution in [3.63, 3.8) is 0 Å². The average molecular weight is 461 g/mol. The lowest BCUT2D eigenvalue weighted by molar-refractivity contribution is 0.0695. The number of hydrogen-bond acceptors (Lipinski definition) is 6. The zero-order valence-corrected chi connectivity index (χ0v) is 19.7. The normalized spacial score (nSPS) is 25.5. The highest BCUT2D eigenvalue weighted by Crippen LogP contribution is 2.48. The fraction of sp³-hybridized carbons (Fsp3) is 0.583. The summed E-state index contributed by atoms with van der Waals surface area (Å²) in [5.41, 5.74) is 11.6. The third-order valence-corrected chi connectivity index (χ3v) is 7.72. The van der Waals surface area contributed by atoms with Gasteiger partial charge in [-0.2, -0.15) is 0 Å². The molecular formula is C24H33FN4O4. The Bertz CT molecular complexity index is 1180. The Morgan fingerprint density at radius 1 is 1.36 bits per heavy atom. The number of aromatic nitrogens is 1. The van der Waals surface area contributed by atoms with Gasteiger partial charge < -0.3 is 30.8 Å². The van der Waals surface area contributed by atoms with Crippen molar-refractivity contribution >= 4 is 28.2 Å². The lowest BCUT2D eigenvalue weighted by atomic mass is 9.70. The van der Waals surface area contributed by atoms with Gasteiger partial charge in [0.25, 0.3) is 0 Å². The first-order chi connectivity index (χ1) is 15.6. The first kappa shape index (κ1) is 23.4. The summed E-state index contributed by atoms with van der Waals surface area (Å²) in [5, 5.41) is 9.42. The highest BCUT2D eigenvalue weighted by Gasteiger charge is 2.43. The van der Waals surface area contributed by atoms with E-state index < -0.39 is 22.8 Å². The lowest BCUT2D eigenvalue weighted by Crippen LogP contribution is -2.59. The second-order valence-corrected chi connectivity index (χ2v) is 9.73. The molecule has 3 atom stereocenters. The van der Waals surface area contributed by atoms with Gasteiger partial charge in [0.1, 0.15) is 11.3 Å². The van der Waals surface area contributed by atoms with E-state index in [0.717, 1.165) is 25.7 Å². The number of benzene rings is 1. The Labute approximate surface area is 192 Å². The van der Waals surface area contributed by atoms with E-state index in [1.807, 2.05) is 4.90 Å². The van der Waals surface area contributed by atoms with Crippen LogP contribution in [-0.4, -0.2) is 41.9 Å². The van der Waals surface area contributed by atoms with Crippen LogP contribution < -0.4 is 26.5 Å². The molecule has 33 heavy (non-hydrogen) atoms. The number of hydrogen-bond donors (Lipinski definition) is 3. The second-order valence-electron chi connectivity index (χ2n) is 9.73. The third-order valence-electron chi connectivity index (χ3n) is 7.72. The molecular weight excluding hydrogens is 427 g/mol. The maximum Gasteiger partial charge on any atom is 0.341 e. The van der Waals surface area contributed by atoms with E-state index in [9.17, 15) is 14.7 Å². The van der Waals surface area contributed by atoms with Crippen molar-refractivity contribution in [3.05, 3.63) is 27.8 Å². The minimum atomic E-state index is -1.37. The summed E-state index contributed by atoms with van der Waals surface area (Å²) in [4.78, 5) is 26.7. The maximum absolute atomic E-state index is 15.9. The number of piperidine rings is 1. The van der Waals surface area contributed by atoms with Crippen LogP contribution in [0.1, 0.15) is 62.9 Å². The van der Waals surface area contributed by atoms with E-state index in [0.29, 0.717) is 18.6 Å². The number of nitrogens with zero attached hydrogens (tertiary/aromatic N) is 2. The molecule has 1 aliphatic heterocycles. The van der Waals surface area contributed by atoms with Crippen molar-refractivity contribution in [2.75, 3.05) is 30.8 Å². The van der Waals surface area contributed by atoms with Crippen molar-refractivity contribution in [1.29, 1.82) is 0 Å². The van der Waals surface area contributed by atoms with Gasteiger partial charge in [0.15, 0.2) is 11.6 Å². The number of carboxylic acids is 1. The number of pyridine rings is 1. The zero-order valence-electron chi connectivity index (χ0n) is 19.7. The van der Waals surface area contributed by atoms with Crippen LogP contribution in [0.4, 0.5) is 15.8 Å². The summed E-state index contributed by atoms with van der Waals surface area (Å²) in [7, 11) is 1.44. The molecule has 0 amide bonds. The molecule has 4 rings (SSSR count). The fourth-order valence-electron chi connectivity index (χ4n) is 5.30. The predicted octanol–water partition coefficient (Wildman–Crippen LogP) is 3.35. The van der Waals surface area contributed by atoms with Crippen LogP contribution in [0.2, 0.25) is 0 Å². The maximum atomic E-state index is 15.9. The van der Waals surface area contributed by atoms with E-state index in [4.69, 9.17) is 16.2 Å². The van der Waals surface area contributed by atoms with Gasteiger partial charge in [-0.3, -0.25) is 4.79 Å². The topological polar surface area (TPSA) is 124 Å². The standard InChI is InChI=1S/C24H33FN4O4/c1-5-12-9-28(11-24(3,6-2)22(12)27)19-16(25)17(26)15-18(21(19)33-4)29(13-7-8-13)10-14(20(15)30)23(31)32/h10,12-13,22H,5-9,11,26-27H2,1-4H3,(H,31,32). The summed E-state index contributed by atoms with van der Waals surface area (Å²) in [6.45, 7) is 7.31. The minimum Gasteiger partial charge on any atom is -0.492 e. The van der Waals surface area contributed by atoms with Gasteiger partial charge in [0.2, 0.25) is 5.43 Å². The molecule has 1 aliphatic carbocycles. The average Bonchev–Trinajstić information content (AvgIpc) is 3.62. The Kier molecular flexibility index (Phi) is 5.80. The number of carbonyl (C=O) groups is 1. The number of aromatic carboxylic acids is 1. The van der Waals surface area contributed by atoms with Gasteiger partial charge in [-0.15, -0.1) is 0 Å². The van der Waals surface area contributed by atoms with E-state index in [1.165, 1.54) is 13.3 Å². The van der Waals surface area contributed by atoms with E-state index in [-0.39, 0.29) is 45.9 Å². The van der Waals surface area contributed by atoms with Gasteiger partial charge >= 0.3 is 5.97 Å². The molecule has 1 saturated carbocycles. The molecule has 0 bridgehead atoms. The second kappa shape index (κ2) is 8.20. The van der Waals surface area contributed by atoms with E-state index >= 15 is 4.39 Å². The Morgan fingerprint density at radius 3 is 2.55 bits per heavy atom. The first-order valence-electron chi connectivity index (χ1n) is 11.6. The van der Waals surface area contributed by atoms with Crippen LogP contribution >= 0.6 is 0 Å². The number of anilines is 2. The van der Waals surface area contributed by atoms with Crippen molar-refractivity contribution in [2.24, 2.45) is 17.1 Å². The molecule has 5 N–H and O–H groups in total. The van der Waals surface area contributed by atoms with Gasteiger partial charge in [-0.05, 0) is 25.2 Å². The van der Waals surface area contributed by atoms with Crippen molar-refractivity contribution in [1.82, 2.24) is 4.57 Å². The number of fused-ring (bicyclic) bond motifs is 1.